The average Bonchev–Trinajstić information content (AvgIpc) is 3.20. The monoisotopic (exact) mass is 377 g/mol. The van der Waals surface area contributed by atoms with E-state index in [1.54, 1.807) is 6.20 Å². The minimum atomic E-state index is 0.303. The summed E-state index contributed by atoms with van der Waals surface area (Å²) >= 11 is 0. The van der Waals surface area contributed by atoms with E-state index in [4.69, 9.17) is 15.7 Å². The largest absolute Gasteiger partial charge is 0.355 e. The Bertz CT molecular complexity index is 912. The molecule has 0 amide bonds. The van der Waals surface area contributed by atoms with Crippen molar-refractivity contribution < 1.29 is 0 Å². The molecule has 2 N–H and O–H groups in total. The van der Waals surface area contributed by atoms with Crippen LogP contribution in [-0.2, 0) is 6.54 Å². The second-order valence-electron chi connectivity index (χ2n) is 7.75. The fourth-order valence-electron chi connectivity index (χ4n) is 3.48. The summed E-state index contributed by atoms with van der Waals surface area (Å²) < 4.78 is 1.86. The van der Waals surface area contributed by atoms with Crippen molar-refractivity contribution in [2.24, 2.45) is 5.73 Å². The molecule has 0 aliphatic heterocycles. The quantitative estimate of drug-likeness (QED) is 0.712. The normalized spacial score (nSPS) is 18.6. The lowest BCUT2D eigenvalue weighted by atomic mass is 9.78. The second-order valence-corrected chi connectivity index (χ2v) is 7.75. The van der Waals surface area contributed by atoms with Gasteiger partial charge in [0.15, 0.2) is 0 Å². The zero-order chi connectivity index (χ0) is 19.7. The maximum absolute atomic E-state index is 5.98. The summed E-state index contributed by atoms with van der Waals surface area (Å²) in [7, 11) is 6.02. The van der Waals surface area contributed by atoms with Gasteiger partial charge in [0.1, 0.15) is 5.82 Å². The third-order valence-corrected chi connectivity index (χ3v) is 5.23. The van der Waals surface area contributed by atoms with Gasteiger partial charge in [-0.25, -0.2) is 9.67 Å². The molecule has 1 saturated carbocycles. The van der Waals surface area contributed by atoms with E-state index in [1.165, 1.54) is 5.56 Å². The third kappa shape index (κ3) is 3.84. The van der Waals surface area contributed by atoms with Crippen LogP contribution < -0.4 is 15.5 Å². The van der Waals surface area contributed by atoms with Gasteiger partial charge in [-0.3, -0.25) is 0 Å². The van der Waals surface area contributed by atoms with Crippen molar-refractivity contribution in [2.45, 2.75) is 31.3 Å². The standard InChI is InChI=1S/C21H27N7/c1-26(2)21-24-19(16-11-17(22)12-16)13-20(25-21)27(3)14-15-5-7-18(8-6-15)28-10-4-9-23-28/h4-10,13,16-17H,11-12,14,22H2,1-3H3. The maximum atomic E-state index is 5.98. The minimum absolute atomic E-state index is 0.303. The van der Waals surface area contributed by atoms with Gasteiger partial charge in [-0.05, 0) is 36.6 Å². The number of hydrogen-bond acceptors (Lipinski definition) is 6. The van der Waals surface area contributed by atoms with Gasteiger partial charge in [0, 0.05) is 58.1 Å². The third-order valence-electron chi connectivity index (χ3n) is 5.23. The van der Waals surface area contributed by atoms with Crippen molar-refractivity contribution in [3.63, 3.8) is 0 Å². The molecule has 3 aromatic rings. The summed E-state index contributed by atoms with van der Waals surface area (Å²) in [5.41, 5.74) is 9.35. The number of rotatable bonds is 6. The highest BCUT2D eigenvalue weighted by Gasteiger charge is 2.29. The van der Waals surface area contributed by atoms with E-state index in [9.17, 15) is 0 Å². The Kier molecular flexibility index (Phi) is 5.00. The van der Waals surface area contributed by atoms with Crippen LogP contribution in [0.4, 0.5) is 11.8 Å². The van der Waals surface area contributed by atoms with Crippen LogP contribution in [0.1, 0.15) is 30.0 Å². The summed E-state index contributed by atoms with van der Waals surface area (Å²) in [6.07, 6.45) is 5.73. The molecule has 1 aliphatic rings. The highest BCUT2D eigenvalue weighted by molar-refractivity contribution is 5.47. The molecule has 28 heavy (non-hydrogen) atoms. The van der Waals surface area contributed by atoms with Crippen molar-refractivity contribution in [2.75, 3.05) is 30.9 Å². The number of nitrogens with zero attached hydrogens (tertiary/aromatic N) is 6. The second kappa shape index (κ2) is 7.59. The predicted molar refractivity (Wildman–Crippen MR) is 112 cm³/mol. The van der Waals surface area contributed by atoms with Crippen LogP contribution in [-0.4, -0.2) is 46.9 Å². The van der Waals surface area contributed by atoms with E-state index in [2.05, 4.69) is 47.4 Å². The molecule has 0 bridgehead atoms. The molecular formula is C21H27N7. The first-order chi connectivity index (χ1) is 13.5. The van der Waals surface area contributed by atoms with E-state index >= 15 is 0 Å². The fraction of sp³-hybridized carbons (Fsp3) is 0.381. The highest BCUT2D eigenvalue weighted by atomic mass is 15.3. The number of hydrogen-bond donors (Lipinski definition) is 1. The van der Waals surface area contributed by atoms with Crippen molar-refractivity contribution >= 4 is 11.8 Å². The Labute approximate surface area is 165 Å². The number of nitrogens with two attached hydrogens (primary N) is 1. The summed E-state index contributed by atoms with van der Waals surface area (Å²) in [4.78, 5) is 13.6. The van der Waals surface area contributed by atoms with Gasteiger partial charge < -0.3 is 15.5 Å². The van der Waals surface area contributed by atoms with E-state index in [1.807, 2.05) is 35.9 Å². The number of anilines is 2. The lowest BCUT2D eigenvalue weighted by Crippen LogP contribution is -2.35. The van der Waals surface area contributed by atoms with E-state index in [0.29, 0.717) is 12.0 Å². The maximum Gasteiger partial charge on any atom is 0.227 e. The van der Waals surface area contributed by atoms with Gasteiger partial charge in [-0.15, -0.1) is 0 Å². The molecule has 1 aliphatic carbocycles. The summed E-state index contributed by atoms with van der Waals surface area (Å²) in [6.45, 7) is 0.771. The Morgan fingerprint density at radius 1 is 1.11 bits per heavy atom. The van der Waals surface area contributed by atoms with Gasteiger partial charge in [0.2, 0.25) is 5.95 Å². The highest BCUT2D eigenvalue weighted by Crippen LogP contribution is 2.36. The van der Waals surface area contributed by atoms with Gasteiger partial charge in [-0.1, -0.05) is 12.1 Å². The molecule has 1 aromatic carbocycles. The minimum Gasteiger partial charge on any atom is -0.355 e. The first-order valence-corrected chi connectivity index (χ1v) is 9.61. The molecule has 2 aromatic heterocycles. The van der Waals surface area contributed by atoms with E-state index in [0.717, 1.165) is 42.5 Å². The Morgan fingerprint density at radius 3 is 2.46 bits per heavy atom. The summed E-state index contributed by atoms with van der Waals surface area (Å²) in [5, 5.41) is 4.27. The molecule has 4 rings (SSSR count). The first kappa shape index (κ1) is 18.4. The molecule has 0 saturated heterocycles. The van der Waals surface area contributed by atoms with Crippen molar-refractivity contribution in [3.05, 3.63) is 60.0 Å². The average molecular weight is 377 g/mol. The van der Waals surface area contributed by atoms with E-state index in [-0.39, 0.29) is 0 Å². The molecular weight excluding hydrogens is 350 g/mol. The molecule has 0 atom stereocenters. The zero-order valence-corrected chi connectivity index (χ0v) is 16.7. The topological polar surface area (TPSA) is 76.1 Å². The molecule has 2 heterocycles. The Hall–Kier alpha value is -2.93. The van der Waals surface area contributed by atoms with E-state index < -0.39 is 0 Å². The molecule has 7 heteroatoms. The molecule has 7 nitrogen and oxygen atoms in total. The first-order valence-electron chi connectivity index (χ1n) is 9.61. The molecule has 0 unspecified atom stereocenters. The molecule has 146 valence electrons. The van der Waals surface area contributed by atoms with Crippen molar-refractivity contribution in [3.8, 4) is 5.69 Å². The van der Waals surface area contributed by atoms with Gasteiger partial charge >= 0.3 is 0 Å². The predicted octanol–water partition coefficient (Wildman–Crippen LogP) is 2.57. The summed E-state index contributed by atoms with van der Waals surface area (Å²) in [6, 6.07) is 12.8. The molecule has 0 spiro atoms. The van der Waals surface area contributed by atoms with Crippen molar-refractivity contribution in [1.82, 2.24) is 19.7 Å². The van der Waals surface area contributed by atoms with Crippen LogP contribution in [0, 0.1) is 0 Å². The lowest BCUT2D eigenvalue weighted by molar-refractivity contribution is 0.345. The lowest BCUT2D eigenvalue weighted by Gasteiger charge is -2.33. The van der Waals surface area contributed by atoms with Gasteiger partial charge in [-0.2, -0.15) is 10.1 Å². The Balaban J connectivity index is 1.53. The SMILES string of the molecule is CN(C)c1nc(C2CC(N)C2)cc(N(C)Cc2ccc(-n3cccn3)cc2)n1. The van der Waals surface area contributed by atoms with Crippen molar-refractivity contribution in [1.29, 1.82) is 0 Å². The van der Waals surface area contributed by atoms with Crippen LogP contribution in [0.3, 0.4) is 0 Å². The van der Waals surface area contributed by atoms with Crippen LogP contribution in [0.25, 0.3) is 5.69 Å². The number of aromatic nitrogens is 4. The van der Waals surface area contributed by atoms with Gasteiger partial charge in [0.05, 0.1) is 11.4 Å². The number of benzene rings is 1. The van der Waals surface area contributed by atoms with Gasteiger partial charge in [0.25, 0.3) is 0 Å². The summed E-state index contributed by atoms with van der Waals surface area (Å²) in [5.74, 6) is 2.12. The van der Waals surface area contributed by atoms with Crippen LogP contribution >= 0.6 is 0 Å². The fourth-order valence-corrected chi connectivity index (χ4v) is 3.48. The molecule has 0 radical (unpaired) electrons. The van der Waals surface area contributed by atoms with Crippen LogP contribution in [0.5, 0.6) is 0 Å². The van der Waals surface area contributed by atoms with Crippen LogP contribution in [0.15, 0.2) is 48.8 Å². The zero-order valence-electron chi connectivity index (χ0n) is 16.7. The Morgan fingerprint density at radius 2 is 1.86 bits per heavy atom. The van der Waals surface area contributed by atoms with Crippen LogP contribution in [0.2, 0.25) is 0 Å². The molecule has 1 fully saturated rings. The smallest absolute Gasteiger partial charge is 0.227 e.